The molecule has 2 N–H and O–H groups in total. The maximum absolute atomic E-state index is 12.7. The highest BCUT2D eigenvalue weighted by Gasteiger charge is 2.37. The molecule has 2 aliphatic rings. The highest BCUT2D eigenvalue weighted by Crippen LogP contribution is 2.30. The molecule has 3 rings (SSSR count). The first-order chi connectivity index (χ1) is 9.75. The molecule has 1 aliphatic carbocycles. The average molecular weight is 272 g/mol. The second kappa shape index (κ2) is 5.96. The molecule has 1 aliphatic heterocycles. The first kappa shape index (κ1) is 13.6. The number of likely N-dealkylation sites (tertiary alicyclic amines) is 1. The van der Waals surface area contributed by atoms with Gasteiger partial charge in [-0.1, -0.05) is 36.8 Å². The van der Waals surface area contributed by atoms with E-state index in [2.05, 4.69) is 29.2 Å². The lowest BCUT2D eigenvalue weighted by atomic mass is 10.00. The van der Waals surface area contributed by atoms with Crippen molar-refractivity contribution in [3.63, 3.8) is 0 Å². The van der Waals surface area contributed by atoms with Crippen LogP contribution in [0.15, 0.2) is 30.3 Å². The van der Waals surface area contributed by atoms with E-state index in [0.29, 0.717) is 11.9 Å². The van der Waals surface area contributed by atoms with Gasteiger partial charge in [0.15, 0.2) is 0 Å². The summed E-state index contributed by atoms with van der Waals surface area (Å²) in [6, 6.07) is 11.0. The predicted molar refractivity (Wildman–Crippen MR) is 80.2 cm³/mol. The molecular weight excluding hydrogens is 248 g/mol. The topological polar surface area (TPSA) is 46.3 Å². The average Bonchev–Trinajstić information content (AvgIpc) is 3.08. The Bertz CT molecular complexity index is 459. The number of carbonyl (C=O) groups excluding carboxylic acids is 1. The molecule has 1 heterocycles. The molecule has 0 aromatic heterocycles. The third-order valence-electron chi connectivity index (χ3n) is 4.86. The molecule has 0 bridgehead atoms. The maximum Gasteiger partial charge on any atom is 0.227 e. The Kier molecular flexibility index (Phi) is 4.06. The van der Waals surface area contributed by atoms with E-state index in [1.54, 1.807) is 0 Å². The van der Waals surface area contributed by atoms with Gasteiger partial charge in [-0.3, -0.25) is 4.79 Å². The van der Waals surface area contributed by atoms with Crippen molar-refractivity contribution in [3.05, 3.63) is 35.9 Å². The zero-order chi connectivity index (χ0) is 13.9. The molecule has 3 unspecified atom stereocenters. The summed E-state index contributed by atoms with van der Waals surface area (Å²) in [4.78, 5) is 14.8. The van der Waals surface area contributed by atoms with E-state index in [0.717, 1.165) is 45.1 Å². The van der Waals surface area contributed by atoms with Gasteiger partial charge in [0.2, 0.25) is 5.91 Å². The molecule has 3 nitrogen and oxygen atoms in total. The smallest absolute Gasteiger partial charge is 0.227 e. The van der Waals surface area contributed by atoms with Crippen molar-refractivity contribution in [1.82, 2.24) is 4.90 Å². The zero-order valence-corrected chi connectivity index (χ0v) is 12.0. The molecule has 1 saturated carbocycles. The normalized spacial score (nSPS) is 29.9. The Labute approximate surface area is 121 Å². The van der Waals surface area contributed by atoms with Crippen LogP contribution in [0, 0.1) is 5.92 Å². The second-order valence-corrected chi connectivity index (χ2v) is 6.22. The van der Waals surface area contributed by atoms with Crippen molar-refractivity contribution in [3.8, 4) is 0 Å². The van der Waals surface area contributed by atoms with E-state index in [1.165, 1.54) is 5.56 Å². The molecule has 3 heteroatoms. The fraction of sp³-hybridized carbons (Fsp3) is 0.588. The van der Waals surface area contributed by atoms with E-state index < -0.39 is 0 Å². The summed E-state index contributed by atoms with van der Waals surface area (Å²) in [7, 11) is 0. The lowest BCUT2D eigenvalue weighted by Crippen LogP contribution is -2.44. The number of carbonyl (C=O) groups is 1. The van der Waals surface area contributed by atoms with E-state index in [4.69, 9.17) is 5.73 Å². The first-order valence-corrected chi connectivity index (χ1v) is 7.85. The van der Waals surface area contributed by atoms with Gasteiger partial charge in [-0.05, 0) is 37.7 Å². The molecule has 20 heavy (non-hydrogen) atoms. The van der Waals surface area contributed by atoms with Crippen molar-refractivity contribution in [2.45, 2.75) is 50.6 Å². The van der Waals surface area contributed by atoms with Gasteiger partial charge < -0.3 is 10.6 Å². The van der Waals surface area contributed by atoms with Crippen LogP contribution >= 0.6 is 0 Å². The van der Waals surface area contributed by atoms with E-state index in [-0.39, 0.29) is 12.0 Å². The van der Waals surface area contributed by atoms with E-state index in [1.807, 2.05) is 6.07 Å². The Hall–Kier alpha value is -1.35. The van der Waals surface area contributed by atoms with Crippen molar-refractivity contribution in [1.29, 1.82) is 0 Å². The number of amides is 1. The molecule has 0 radical (unpaired) electrons. The van der Waals surface area contributed by atoms with Crippen molar-refractivity contribution in [2.24, 2.45) is 11.7 Å². The maximum atomic E-state index is 12.7. The van der Waals surface area contributed by atoms with Gasteiger partial charge in [-0.25, -0.2) is 0 Å². The van der Waals surface area contributed by atoms with Crippen LogP contribution in [0.2, 0.25) is 0 Å². The van der Waals surface area contributed by atoms with E-state index >= 15 is 0 Å². The largest absolute Gasteiger partial charge is 0.339 e. The first-order valence-electron chi connectivity index (χ1n) is 7.85. The van der Waals surface area contributed by atoms with Crippen LogP contribution in [-0.4, -0.2) is 29.4 Å². The third-order valence-corrected chi connectivity index (χ3v) is 4.86. The molecule has 1 aromatic rings. The number of rotatable bonds is 3. The summed E-state index contributed by atoms with van der Waals surface area (Å²) in [5.74, 6) is 0.389. The molecule has 3 atom stereocenters. The van der Waals surface area contributed by atoms with Gasteiger partial charge in [0.05, 0.1) is 5.92 Å². The van der Waals surface area contributed by atoms with Gasteiger partial charge in [0, 0.05) is 18.6 Å². The van der Waals surface area contributed by atoms with Gasteiger partial charge in [0.1, 0.15) is 0 Å². The summed E-state index contributed by atoms with van der Waals surface area (Å²) in [5.41, 5.74) is 7.42. The van der Waals surface area contributed by atoms with Crippen LogP contribution in [0.4, 0.5) is 0 Å². The summed E-state index contributed by atoms with van der Waals surface area (Å²) >= 11 is 0. The highest BCUT2D eigenvalue weighted by atomic mass is 16.2. The molecule has 1 saturated heterocycles. The molecular formula is C17H24N2O. The summed E-state index contributed by atoms with van der Waals surface area (Å²) in [6.07, 6.45) is 6.33. The standard InChI is InChI=1S/C17H24N2O/c18-16-10-4-9-15(16)17(20)19-11-5-8-14(19)12-13-6-2-1-3-7-13/h1-3,6-7,14-16H,4-5,8-12,18H2. The molecule has 1 amide bonds. The molecule has 1 aromatic carbocycles. The zero-order valence-electron chi connectivity index (χ0n) is 12.0. The van der Waals surface area contributed by atoms with Crippen LogP contribution in [0.5, 0.6) is 0 Å². The number of hydrogen-bond donors (Lipinski definition) is 1. The SMILES string of the molecule is NC1CCCC1C(=O)N1CCCC1Cc1ccccc1. The van der Waals surface area contributed by atoms with Gasteiger partial charge in [-0.2, -0.15) is 0 Å². The Balaban J connectivity index is 1.67. The van der Waals surface area contributed by atoms with Crippen molar-refractivity contribution in [2.75, 3.05) is 6.54 Å². The molecule has 0 spiro atoms. The summed E-state index contributed by atoms with van der Waals surface area (Å²) in [6.45, 7) is 0.916. The van der Waals surface area contributed by atoms with Crippen LogP contribution < -0.4 is 5.73 Å². The lowest BCUT2D eigenvalue weighted by Gasteiger charge is -2.29. The fourth-order valence-corrected chi connectivity index (χ4v) is 3.73. The van der Waals surface area contributed by atoms with Crippen molar-refractivity contribution < 1.29 is 4.79 Å². The van der Waals surface area contributed by atoms with Gasteiger partial charge in [-0.15, -0.1) is 0 Å². The fourth-order valence-electron chi connectivity index (χ4n) is 3.73. The Morgan fingerprint density at radius 3 is 2.65 bits per heavy atom. The summed E-state index contributed by atoms with van der Waals surface area (Å²) in [5, 5.41) is 0. The van der Waals surface area contributed by atoms with Gasteiger partial charge >= 0.3 is 0 Å². The number of benzene rings is 1. The number of nitrogens with zero attached hydrogens (tertiary/aromatic N) is 1. The summed E-state index contributed by atoms with van der Waals surface area (Å²) < 4.78 is 0. The Morgan fingerprint density at radius 1 is 1.15 bits per heavy atom. The highest BCUT2D eigenvalue weighted by molar-refractivity contribution is 5.80. The van der Waals surface area contributed by atoms with Crippen molar-refractivity contribution >= 4 is 5.91 Å². The predicted octanol–water partition coefficient (Wildman–Crippen LogP) is 2.35. The quantitative estimate of drug-likeness (QED) is 0.918. The lowest BCUT2D eigenvalue weighted by molar-refractivity contribution is -0.136. The number of hydrogen-bond acceptors (Lipinski definition) is 2. The molecule has 2 fully saturated rings. The monoisotopic (exact) mass is 272 g/mol. The van der Waals surface area contributed by atoms with Crippen LogP contribution in [0.25, 0.3) is 0 Å². The van der Waals surface area contributed by atoms with E-state index in [9.17, 15) is 4.79 Å². The van der Waals surface area contributed by atoms with Crippen LogP contribution in [0.3, 0.4) is 0 Å². The molecule has 108 valence electrons. The minimum absolute atomic E-state index is 0.0753. The van der Waals surface area contributed by atoms with Crippen LogP contribution in [0.1, 0.15) is 37.7 Å². The third kappa shape index (κ3) is 2.73. The Morgan fingerprint density at radius 2 is 1.95 bits per heavy atom. The number of nitrogens with two attached hydrogens (primary N) is 1. The second-order valence-electron chi connectivity index (χ2n) is 6.22. The van der Waals surface area contributed by atoms with Crippen LogP contribution in [-0.2, 0) is 11.2 Å². The minimum atomic E-state index is 0.0753. The van der Waals surface area contributed by atoms with Gasteiger partial charge in [0.25, 0.3) is 0 Å². The minimum Gasteiger partial charge on any atom is -0.339 e.